The molecule has 0 aromatic carbocycles. The maximum Gasteiger partial charge on any atom is 0.226 e. The molecular formula is C30H57N3O5. The molecule has 222 valence electrons. The van der Waals surface area contributed by atoms with Gasteiger partial charge in [0.05, 0.1) is 12.1 Å². The molecule has 0 saturated heterocycles. The van der Waals surface area contributed by atoms with Crippen molar-refractivity contribution in [2.45, 2.75) is 126 Å². The lowest BCUT2D eigenvalue weighted by Crippen LogP contribution is -2.44. The van der Waals surface area contributed by atoms with Crippen molar-refractivity contribution in [1.29, 1.82) is 0 Å². The summed E-state index contributed by atoms with van der Waals surface area (Å²) in [5.41, 5.74) is -1.07. The van der Waals surface area contributed by atoms with E-state index in [0.717, 1.165) is 12.8 Å². The summed E-state index contributed by atoms with van der Waals surface area (Å²) in [5, 5.41) is 8.67. The molecule has 2 atom stereocenters. The van der Waals surface area contributed by atoms with Gasteiger partial charge in [0.2, 0.25) is 17.7 Å². The molecular weight excluding hydrogens is 482 g/mol. The summed E-state index contributed by atoms with van der Waals surface area (Å²) in [6, 6.07) is -0.678. The van der Waals surface area contributed by atoms with Crippen LogP contribution in [-0.2, 0) is 23.9 Å². The molecule has 8 nitrogen and oxygen atoms in total. The predicted molar refractivity (Wildman–Crippen MR) is 154 cm³/mol. The topological polar surface area (TPSA) is 114 Å². The molecule has 0 aliphatic carbocycles. The summed E-state index contributed by atoms with van der Waals surface area (Å²) in [4.78, 5) is 48.7. The van der Waals surface area contributed by atoms with Crippen molar-refractivity contribution in [3.63, 3.8) is 0 Å². The SMILES string of the molecule is CC(C)CCCCNC(=O)C(C)(C)CCOC(C)CCNC(=O)CCC(C=O)NC(=O)C(C)(C)CC(C)C. The maximum atomic E-state index is 12.5. The molecule has 0 aromatic rings. The van der Waals surface area contributed by atoms with Gasteiger partial charge in [0.15, 0.2) is 0 Å². The monoisotopic (exact) mass is 539 g/mol. The van der Waals surface area contributed by atoms with Crippen LogP contribution in [0.2, 0.25) is 0 Å². The highest BCUT2D eigenvalue weighted by Crippen LogP contribution is 2.25. The van der Waals surface area contributed by atoms with Gasteiger partial charge in [-0.3, -0.25) is 14.4 Å². The number of hydrogen-bond acceptors (Lipinski definition) is 5. The molecule has 8 heteroatoms. The Morgan fingerprint density at radius 3 is 2.03 bits per heavy atom. The second kappa shape index (κ2) is 18.3. The first-order valence-corrected chi connectivity index (χ1v) is 14.5. The van der Waals surface area contributed by atoms with Crippen LogP contribution in [0.15, 0.2) is 0 Å². The zero-order chi connectivity index (χ0) is 29.4. The smallest absolute Gasteiger partial charge is 0.226 e. The Bertz CT molecular complexity index is 719. The highest BCUT2D eigenvalue weighted by Gasteiger charge is 2.30. The highest BCUT2D eigenvalue weighted by molar-refractivity contribution is 5.85. The number of hydrogen-bond donors (Lipinski definition) is 3. The van der Waals surface area contributed by atoms with E-state index in [1.54, 1.807) is 0 Å². The Morgan fingerprint density at radius 2 is 1.45 bits per heavy atom. The average Bonchev–Trinajstić information content (AvgIpc) is 2.79. The van der Waals surface area contributed by atoms with Crippen molar-refractivity contribution in [1.82, 2.24) is 16.0 Å². The summed E-state index contributed by atoms with van der Waals surface area (Å²) in [6.07, 6.45) is 6.34. The average molecular weight is 540 g/mol. The molecule has 0 saturated carbocycles. The fraction of sp³-hybridized carbons (Fsp3) is 0.867. The molecule has 0 aromatic heterocycles. The van der Waals surface area contributed by atoms with Crippen molar-refractivity contribution in [3.05, 3.63) is 0 Å². The molecule has 0 heterocycles. The van der Waals surface area contributed by atoms with Crippen LogP contribution in [0.5, 0.6) is 0 Å². The third-order valence-electron chi connectivity index (χ3n) is 6.81. The van der Waals surface area contributed by atoms with Gasteiger partial charge in [0.1, 0.15) is 6.29 Å². The van der Waals surface area contributed by atoms with Crippen LogP contribution in [-0.4, -0.2) is 55.8 Å². The van der Waals surface area contributed by atoms with E-state index >= 15 is 0 Å². The van der Waals surface area contributed by atoms with Gasteiger partial charge < -0.3 is 25.5 Å². The van der Waals surface area contributed by atoms with Crippen LogP contribution < -0.4 is 16.0 Å². The van der Waals surface area contributed by atoms with Crippen LogP contribution in [0.4, 0.5) is 0 Å². The number of ether oxygens (including phenoxy) is 1. The van der Waals surface area contributed by atoms with Crippen molar-refractivity contribution >= 4 is 24.0 Å². The minimum absolute atomic E-state index is 0.0545. The second-order valence-corrected chi connectivity index (χ2v) is 12.8. The Balaban J connectivity index is 4.18. The fourth-order valence-electron chi connectivity index (χ4n) is 4.27. The third-order valence-corrected chi connectivity index (χ3v) is 6.81. The minimum atomic E-state index is -0.678. The minimum Gasteiger partial charge on any atom is -0.378 e. The van der Waals surface area contributed by atoms with Crippen LogP contribution in [0, 0.1) is 22.7 Å². The van der Waals surface area contributed by atoms with Gasteiger partial charge in [0.25, 0.3) is 0 Å². The van der Waals surface area contributed by atoms with Crippen LogP contribution >= 0.6 is 0 Å². The molecule has 2 unspecified atom stereocenters. The predicted octanol–water partition coefficient (Wildman–Crippen LogP) is 4.79. The number of carbonyl (C=O) groups excluding carboxylic acids is 4. The van der Waals surface area contributed by atoms with E-state index < -0.39 is 16.9 Å². The first-order chi connectivity index (χ1) is 17.6. The van der Waals surface area contributed by atoms with E-state index in [2.05, 4.69) is 43.6 Å². The summed E-state index contributed by atoms with van der Waals surface area (Å²) >= 11 is 0. The molecule has 0 aliphatic rings. The summed E-state index contributed by atoms with van der Waals surface area (Å²) < 4.78 is 5.87. The lowest BCUT2D eigenvalue weighted by atomic mass is 9.83. The quantitative estimate of drug-likeness (QED) is 0.143. The summed E-state index contributed by atoms with van der Waals surface area (Å²) in [7, 11) is 0. The third kappa shape index (κ3) is 16.8. The number of carbonyl (C=O) groups is 4. The van der Waals surface area contributed by atoms with Crippen molar-refractivity contribution in [2.75, 3.05) is 19.7 Å². The zero-order valence-corrected chi connectivity index (χ0v) is 25.7. The van der Waals surface area contributed by atoms with E-state index in [9.17, 15) is 19.2 Å². The fourth-order valence-corrected chi connectivity index (χ4v) is 4.27. The Kier molecular flexibility index (Phi) is 17.4. The number of unbranched alkanes of at least 4 members (excludes halogenated alkanes) is 1. The standard InChI is InChI=1S/C30H57N3O5/c1-22(2)12-10-11-17-32-27(36)29(6,7)16-19-38-24(5)15-18-31-26(35)14-13-25(21-34)33-28(37)30(8,9)20-23(3)4/h21-25H,10-20H2,1-9H3,(H,31,35)(H,32,36)(H,33,37). The summed E-state index contributed by atoms with van der Waals surface area (Å²) in [5.74, 6) is 0.778. The molecule has 38 heavy (non-hydrogen) atoms. The normalized spacial score (nSPS) is 13.8. The van der Waals surface area contributed by atoms with Gasteiger partial charge in [-0.05, 0) is 50.9 Å². The first-order valence-electron chi connectivity index (χ1n) is 14.5. The highest BCUT2D eigenvalue weighted by atomic mass is 16.5. The largest absolute Gasteiger partial charge is 0.378 e. The molecule has 3 amide bonds. The van der Waals surface area contributed by atoms with Gasteiger partial charge in [0, 0.05) is 36.9 Å². The van der Waals surface area contributed by atoms with Gasteiger partial charge >= 0.3 is 0 Å². The summed E-state index contributed by atoms with van der Waals surface area (Å²) in [6.45, 7) is 19.7. The van der Waals surface area contributed by atoms with E-state index in [-0.39, 0.29) is 36.7 Å². The van der Waals surface area contributed by atoms with Crippen molar-refractivity contribution in [3.8, 4) is 0 Å². The van der Waals surface area contributed by atoms with E-state index in [1.807, 2.05) is 34.6 Å². The number of amides is 3. The Morgan fingerprint density at radius 1 is 0.789 bits per heavy atom. The van der Waals surface area contributed by atoms with Crippen LogP contribution in [0.3, 0.4) is 0 Å². The van der Waals surface area contributed by atoms with E-state index in [4.69, 9.17) is 4.74 Å². The molecule has 0 fully saturated rings. The van der Waals surface area contributed by atoms with Gasteiger partial charge in [-0.15, -0.1) is 0 Å². The number of nitrogens with one attached hydrogen (secondary N) is 3. The first kappa shape index (κ1) is 36.0. The molecule has 3 N–H and O–H groups in total. The number of rotatable bonds is 21. The Hall–Kier alpha value is -1.96. The van der Waals surface area contributed by atoms with Crippen molar-refractivity contribution < 1.29 is 23.9 Å². The zero-order valence-electron chi connectivity index (χ0n) is 25.7. The molecule has 0 spiro atoms. The second-order valence-electron chi connectivity index (χ2n) is 12.8. The molecule has 0 bridgehead atoms. The number of aldehydes is 1. The molecule has 0 radical (unpaired) electrons. The molecule has 0 rings (SSSR count). The molecule has 0 aliphatic heterocycles. The van der Waals surface area contributed by atoms with Gasteiger partial charge in [-0.2, -0.15) is 0 Å². The lowest BCUT2D eigenvalue weighted by molar-refractivity contribution is -0.132. The van der Waals surface area contributed by atoms with Crippen LogP contribution in [0.25, 0.3) is 0 Å². The van der Waals surface area contributed by atoms with Gasteiger partial charge in [-0.25, -0.2) is 0 Å². The van der Waals surface area contributed by atoms with Crippen LogP contribution in [0.1, 0.15) is 114 Å². The van der Waals surface area contributed by atoms with Gasteiger partial charge in [-0.1, -0.05) is 68.2 Å². The van der Waals surface area contributed by atoms with E-state index in [1.165, 1.54) is 6.42 Å². The van der Waals surface area contributed by atoms with Crippen molar-refractivity contribution in [2.24, 2.45) is 22.7 Å². The lowest BCUT2D eigenvalue weighted by Gasteiger charge is -2.27. The van der Waals surface area contributed by atoms with E-state index in [0.29, 0.717) is 57.1 Å². The Labute approximate surface area is 232 Å². The maximum absolute atomic E-state index is 12.5.